The molecule has 0 bridgehead atoms. The van der Waals surface area contributed by atoms with Crippen molar-refractivity contribution in [3.05, 3.63) is 64.2 Å². The number of hydrogen-bond acceptors (Lipinski definition) is 2. The molecule has 2 aromatic rings. The van der Waals surface area contributed by atoms with Crippen LogP contribution in [0.25, 0.3) is 0 Å². The maximum absolute atomic E-state index is 14.6. The molecule has 1 saturated carbocycles. The Morgan fingerprint density at radius 2 is 1.58 bits per heavy atom. The summed E-state index contributed by atoms with van der Waals surface area (Å²) in [6.07, 6.45) is 5.29. The zero-order chi connectivity index (χ0) is 22.4. The van der Waals surface area contributed by atoms with Crippen LogP contribution in [-0.2, 0) is 11.3 Å². The van der Waals surface area contributed by atoms with Crippen LogP contribution in [0.3, 0.4) is 0 Å². The highest BCUT2D eigenvalue weighted by Crippen LogP contribution is 2.37. The number of hydrogen-bond donors (Lipinski definition) is 0. The lowest BCUT2D eigenvalue weighted by atomic mass is 9.82. The van der Waals surface area contributed by atoms with E-state index < -0.39 is 23.3 Å². The molecule has 0 N–H and O–H groups in total. The maximum atomic E-state index is 14.6. The number of halogens is 4. The molecule has 1 aliphatic carbocycles. The third-order valence-electron chi connectivity index (χ3n) is 6.03. The smallest absolute Gasteiger partial charge is 0.200 e. The molecular weight excluding hydrogens is 408 g/mol. The molecule has 0 amide bonds. The van der Waals surface area contributed by atoms with E-state index in [0.29, 0.717) is 37.9 Å². The summed E-state index contributed by atoms with van der Waals surface area (Å²) in [5.74, 6) is -3.62. The second-order valence-electron chi connectivity index (χ2n) is 8.29. The Morgan fingerprint density at radius 3 is 2.29 bits per heavy atom. The van der Waals surface area contributed by atoms with Crippen LogP contribution in [0, 0.1) is 30.2 Å². The van der Waals surface area contributed by atoms with Gasteiger partial charge in [-0.3, -0.25) is 0 Å². The van der Waals surface area contributed by atoms with E-state index in [-0.39, 0.29) is 35.5 Å². The average molecular weight is 439 g/mol. The minimum absolute atomic E-state index is 0.00851. The van der Waals surface area contributed by atoms with E-state index in [2.05, 4.69) is 6.92 Å². The second kappa shape index (κ2) is 11.0. The van der Waals surface area contributed by atoms with Crippen molar-refractivity contribution in [3.8, 4) is 5.75 Å². The van der Waals surface area contributed by atoms with Crippen LogP contribution in [0.2, 0.25) is 0 Å². The Labute approximate surface area is 181 Å². The van der Waals surface area contributed by atoms with Crippen LogP contribution in [0.4, 0.5) is 17.6 Å². The predicted octanol–water partition coefficient (Wildman–Crippen LogP) is 7.36. The Hall–Kier alpha value is -2.08. The summed E-state index contributed by atoms with van der Waals surface area (Å²) >= 11 is 0. The predicted molar refractivity (Wildman–Crippen MR) is 112 cm³/mol. The lowest BCUT2D eigenvalue weighted by Crippen LogP contribution is -2.21. The molecular formula is C25H30F4O2. The van der Waals surface area contributed by atoms with Gasteiger partial charge in [-0.05, 0) is 62.1 Å². The molecule has 170 valence electrons. The van der Waals surface area contributed by atoms with Crippen molar-refractivity contribution in [2.24, 2.45) is 0 Å². The van der Waals surface area contributed by atoms with Crippen molar-refractivity contribution in [2.45, 2.75) is 77.4 Å². The van der Waals surface area contributed by atoms with Crippen molar-refractivity contribution in [3.63, 3.8) is 0 Å². The van der Waals surface area contributed by atoms with Crippen LogP contribution in [0.5, 0.6) is 5.75 Å². The number of aryl methyl sites for hydroxylation is 1. The van der Waals surface area contributed by atoms with Crippen molar-refractivity contribution in [1.82, 2.24) is 0 Å². The molecule has 0 heterocycles. The number of rotatable bonds is 9. The van der Waals surface area contributed by atoms with Gasteiger partial charge in [0.25, 0.3) is 0 Å². The van der Waals surface area contributed by atoms with Crippen molar-refractivity contribution in [1.29, 1.82) is 0 Å². The molecule has 0 aliphatic heterocycles. The summed E-state index contributed by atoms with van der Waals surface area (Å²) in [5, 5.41) is 0. The molecule has 6 heteroatoms. The summed E-state index contributed by atoms with van der Waals surface area (Å²) in [5.41, 5.74) is 0.810. The van der Waals surface area contributed by atoms with Crippen LogP contribution < -0.4 is 4.74 Å². The van der Waals surface area contributed by atoms with Gasteiger partial charge in [0.1, 0.15) is 0 Å². The molecule has 0 spiro atoms. The zero-order valence-electron chi connectivity index (χ0n) is 18.2. The summed E-state index contributed by atoms with van der Waals surface area (Å²) in [6, 6.07) is 6.19. The second-order valence-corrected chi connectivity index (χ2v) is 8.29. The molecule has 0 aromatic heterocycles. The fourth-order valence-corrected chi connectivity index (χ4v) is 4.05. The summed E-state index contributed by atoms with van der Waals surface area (Å²) in [6.45, 7) is 3.94. The lowest BCUT2D eigenvalue weighted by Gasteiger charge is -2.29. The molecule has 1 fully saturated rings. The summed E-state index contributed by atoms with van der Waals surface area (Å²) in [4.78, 5) is 0. The minimum atomic E-state index is -0.927. The largest absolute Gasteiger partial charge is 0.490 e. The number of unbranched alkanes of at least 4 members (excludes halogenated alkanes) is 2. The molecule has 0 radical (unpaired) electrons. The molecule has 0 atom stereocenters. The summed E-state index contributed by atoms with van der Waals surface area (Å²) in [7, 11) is 0. The molecule has 0 saturated heterocycles. The van der Waals surface area contributed by atoms with Gasteiger partial charge in [0, 0.05) is 5.56 Å². The Bertz CT molecular complexity index is 876. The van der Waals surface area contributed by atoms with Gasteiger partial charge >= 0.3 is 0 Å². The van der Waals surface area contributed by atoms with Crippen molar-refractivity contribution >= 4 is 0 Å². The first-order chi connectivity index (χ1) is 14.9. The van der Waals surface area contributed by atoms with E-state index >= 15 is 0 Å². The summed E-state index contributed by atoms with van der Waals surface area (Å²) < 4.78 is 67.9. The highest BCUT2D eigenvalue weighted by molar-refractivity contribution is 5.33. The van der Waals surface area contributed by atoms with Gasteiger partial charge < -0.3 is 9.47 Å². The normalized spacial score (nSPS) is 18.9. The number of ether oxygens (including phenoxy) is 2. The Morgan fingerprint density at radius 1 is 0.839 bits per heavy atom. The first kappa shape index (κ1) is 23.6. The van der Waals surface area contributed by atoms with Crippen LogP contribution >= 0.6 is 0 Å². The van der Waals surface area contributed by atoms with Gasteiger partial charge in [0.2, 0.25) is 5.82 Å². The van der Waals surface area contributed by atoms with Gasteiger partial charge in [-0.25, -0.2) is 13.2 Å². The molecule has 0 unspecified atom stereocenters. The molecule has 2 aromatic carbocycles. The standard InChI is InChI=1S/C25H30F4O2/c1-3-4-5-14-30-21-13-12-20(24(28)25(21)29)17-8-10-19(11-9-17)31-15-18-7-6-16(2)22(26)23(18)27/h6-7,12-13,17,19H,3-5,8-11,14-15H2,1-2H3. The zero-order valence-corrected chi connectivity index (χ0v) is 18.2. The van der Waals surface area contributed by atoms with Crippen LogP contribution in [0.1, 0.15) is 74.5 Å². The van der Waals surface area contributed by atoms with Crippen molar-refractivity contribution in [2.75, 3.05) is 6.61 Å². The van der Waals surface area contributed by atoms with Gasteiger partial charge in [0.05, 0.1) is 19.3 Å². The molecule has 31 heavy (non-hydrogen) atoms. The average Bonchev–Trinajstić information content (AvgIpc) is 2.78. The first-order valence-electron chi connectivity index (χ1n) is 11.1. The highest BCUT2D eigenvalue weighted by Gasteiger charge is 2.27. The highest BCUT2D eigenvalue weighted by atomic mass is 19.2. The molecule has 1 aliphatic rings. The number of benzene rings is 2. The SMILES string of the molecule is CCCCCOc1ccc(C2CCC(OCc3ccc(C)c(F)c3F)CC2)c(F)c1F. The van der Waals surface area contributed by atoms with E-state index in [9.17, 15) is 17.6 Å². The van der Waals surface area contributed by atoms with E-state index in [1.807, 2.05) is 0 Å². The maximum Gasteiger partial charge on any atom is 0.200 e. The van der Waals surface area contributed by atoms with Crippen LogP contribution in [-0.4, -0.2) is 12.7 Å². The quantitative estimate of drug-likeness (QED) is 0.301. The fourth-order valence-electron chi connectivity index (χ4n) is 4.05. The van der Waals surface area contributed by atoms with E-state index in [1.165, 1.54) is 25.1 Å². The third-order valence-corrected chi connectivity index (χ3v) is 6.03. The van der Waals surface area contributed by atoms with Crippen LogP contribution in [0.15, 0.2) is 24.3 Å². The van der Waals surface area contributed by atoms with Gasteiger partial charge in [-0.2, -0.15) is 4.39 Å². The van der Waals surface area contributed by atoms with Gasteiger partial charge in [0.15, 0.2) is 23.2 Å². The van der Waals surface area contributed by atoms with Crippen molar-refractivity contribution < 1.29 is 27.0 Å². The lowest BCUT2D eigenvalue weighted by molar-refractivity contribution is 0.0116. The third kappa shape index (κ3) is 5.79. The van der Waals surface area contributed by atoms with Gasteiger partial charge in [-0.15, -0.1) is 0 Å². The van der Waals surface area contributed by atoms with Gasteiger partial charge in [-0.1, -0.05) is 38.0 Å². The van der Waals surface area contributed by atoms with E-state index in [0.717, 1.165) is 19.3 Å². The van der Waals surface area contributed by atoms with E-state index in [1.54, 1.807) is 6.07 Å². The minimum Gasteiger partial charge on any atom is -0.490 e. The molecule has 2 nitrogen and oxygen atoms in total. The fraction of sp³-hybridized carbons (Fsp3) is 0.520. The van der Waals surface area contributed by atoms with E-state index in [4.69, 9.17) is 9.47 Å². The first-order valence-corrected chi connectivity index (χ1v) is 11.1. The molecule has 3 rings (SSSR count). The topological polar surface area (TPSA) is 18.5 Å². The Balaban J connectivity index is 1.53. The monoisotopic (exact) mass is 438 g/mol. The Kier molecular flexibility index (Phi) is 8.35.